The second-order valence-corrected chi connectivity index (χ2v) is 7.37. The molecular weight excluding hydrogens is 338 g/mol. The van der Waals surface area contributed by atoms with E-state index in [1.54, 1.807) is 7.05 Å². The van der Waals surface area contributed by atoms with Crippen LogP contribution in [0.15, 0.2) is 23.2 Å². The zero-order valence-corrected chi connectivity index (χ0v) is 15.4. The van der Waals surface area contributed by atoms with Crippen LogP contribution in [0.3, 0.4) is 0 Å². The summed E-state index contributed by atoms with van der Waals surface area (Å²) in [7, 11) is 1.67. The molecule has 3 unspecified atom stereocenters. The molecule has 2 fully saturated rings. The Bertz CT molecular complexity index is 687. The molecule has 1 aromatic rings. The second-order valence-electron chi connectivity index (χ2n) is 7.37. The zero-order valence-electron chi connectivity index (χ0n) is 15.4. The van der Waals surface area contributed by atoms with Gasteiger partial charge >= 0.3 is 0 Å². The van der Waals surface area contributed by atoms with Crippen molar-refractivity contribution >= 4 is 11.9 Å². The van der Waals surface area contributed by atoms with Crippen LogP contribution in [0.25, 0.3) is 0 Å². The van der Waals surface area contributed by atoms with Gasteiger partial charge in [-0.05, 0) is 25.0 Å². The fraction of sp³-hybridized carbons (Fsp3) is 0.579. The molecule has 1 aromatic carbocycles. The topological polar surface area (TPSA) is 56.7 Å². The lowest BCUT2D eigenvalue weighted by molar-refractivity contribution is -0.133. The number of guanidine groups is 1. The highest BCUT2D eigenvalue weighted by molar-refractivity contribution is 5.81. The second kappa shape index (κ2) is 7.60. The maximum Gasteiger partial charge on any atom is 0.225 e. The average Bonchev–Trinajstić information content (AvgIpc) is 3.17. The number of carbonyl (C=O) groups is 1. The third-order valence-electron chi connectivity index (χ3n) is 5.04. The van der Waals surface area contributed by atoms with Crippen LogP contribution in [0.4, 0.5) is 8.78 Å². The van der Waals surface area contributed by atoms with Gasteiger partial charge in [-0.25, -0.2) is 8.78 Å². The van der Waals surface area contributed by atoms with Crippen LogP contribution in [-0.2, 0) is 4.79 Å². The first-order valence-corrected chi connectivity index (χ1v) is 9.13. The minimum Gasteiger partial charge on any atom is -0.353 e. The van der Waals surface area contributed by atoms with Crippen LogP contribution >= 0.6 is 0 Å². The van der Waals surface area contributed by atoms with Crippen molar-refractivity contribution in [3.05, 3.63) is 35.4 Å². The molecule has 142 valence electrons. The SMILES string of the molecule is CN=C(NC1CCN(C(=O)C(C)C)C1)NC1CC1c1c(F)cccc1F. The van der Waals surface area contributed by atoms with Crippen molar-refractivity contribution in [1.82, 2.24) is 15.5 Å². The summed E-state index contributed by atoms with van der Waals surface area (Å²) < 4.78 is 27.8. The number of benzene rings is 1. The van der Waals surface area contributed by atoms with E-state index < -0.39 is 11.6 Å². The maximum absolute atomic E-state index is 13.9. The first-order chi connectivity index (χ1) is 12.4. The van der Waals surface area contributed by atoms with Crippen molar-refractivity contribution in [2.24, 2.45) is 10.9 Å². The molecule has 1 heterocycles. The summed E-state index contributed by atoms with van der Waals surface area (Å²) in [4.78, 5) is 18.2. The van der Waals surface area contributed by atoms with Gasteiger partial charge in [0.15, 0.2) is 5.96 Å². The Morgan fingerprint density at radius 1 is 1.27 bits per heavy atom. The standard InChI is InChI=1S/C19H26F2N4O/c1-11(2)18(26)25-8-7-12(10-25)23-19(22-3)24-16-9-13(16)17-14(20)5-4-6-15(17)21/h4-6,11-13,16H,7-10H2,1-3H3,(H2,22,23,24). The van der Waals surface area contributed by atoms with E-state index in [1.165, 1.54) is 18.2 Å². The van der Waals surface area contributed by atoms with E-state index in [4.69, 9.17) is 0 Å². The smallest absolute Gasteiger partial charge is 0.225 e. The van der Waals surface area contributed by atoms with E-state index in [0.717, 1.165) is 13.0 Å². The Labute approximate surface area is 152 Å². The van der Waals surface area contributed by atoms with Gasteiger partial charge < -0.3 is 15.5 Å². The minimum absolute atomic E-state index is 0.00549. The Kier molecular flexibility index (Phi) is 5.44. The number of hydrogen-bond donors (Lipinski definition) is 2. The molecule has 0 spiro atoms. The summed E-state index contributed by atoms with van der Waals surface area (Å²) in [6, 6.07) is 4.05. The number of nitrogens with one attached hydrogen (secondary N) is 2. The van der Waals surface area contributed by atoms with Gasteiger partial charge in [-0.3, -0.25) is 9.79 Å². The highest BCUT2D eigenvalue weighted by Crippen LogP contribution is 2.43. The van der Waals surface area contributed by atoms with Crippen LogP contribution in [-0.4, -0.2) is 49.0 Å². The van der Waals surface area contributed by atoms with Crippen LogP contribution in [0.5, 0.6) is 0 Å². The van der Waals surface area contributed by atoms with Gasteiger partial charge in [-0.2, -0.15) is 0 Å². The number of likely N-dealkylation sites (tertiary alicyclic amines) is 1. The molecule has 2 N–H and O–H groups in total. The molecule has 7 heteroatoms. The molecular formula is C19H26F2N4O. The lowest BCUT2D eigenvalue weighted by Crippen LogP contribution is -2.46. The van der Waals surface area contributed by atoms with E-state index >= 15 is 0 Å². The minimum atomic E-state index is -0.499. The third-order valence-corrected chi connectivity index (χ3v) is 5.04. The van der Waals surface area contributed by atoms with E-state index in [0.29, 0.717) is 18.9 Å². The highest BCUT2D eigenvalue weighted by Gasteiger charge is 2.42. The predicted octanol–water partition coefficient (Wildman–Crippen LogP) is 2.24. The van der Waals surface area contributed by atoms with Crippen LogP contribution in [0.2, 0.25) is 0 Å². The predicted molar refractivity (Wildman–Crippen MR) is 97.0 cm³/mol. The number of hydrogen-bond acceptors (Lipinski definition) is 2. The largest absolute Gasteiger partial charge is 0.353 e. The van der Waals surface area contributed by atoms with E-state index in [9.17, 15) is 13.6 Å². The molecule has 1 saturated carbocycles. The highest BCUT2D eigenvalue weighted by atomic mass is 19.1. The van der Waals surface area contributed by atoms with Crippen molar-refractivity contribution in [1.29, 1.82) is 0 Å². The number of carbonyl (C=O) groups excluding carboxylic acids is 1. The van der Waals surface area contributed by atoms with Crippen LogP contribution in [0, 0.1) is 17.6 Å². The third kappa shape index (κ3) is 3.97. The molecule has 5 nitrogen and oxygen atoms in total. The molecule has 2 aliphatic rings. The van der Waals surface area contributed by atoms with Crippen molar-refractivity contribution in [3.63, 3.8) is 0 Å². The number of rotatable bonds is 4. The maximum atomic E-state index is 13.9. The van der Waals surface area contributed by atoms with E-state index in [2.05, 4.69) is 15.6 Å². The van der Waals surface area contributed by atoms with Gasteiger partial charge in [-0.15, -0.1) is 0 Å². The molecule has 0 radical (unpaired) electrons. The molecule has 3 atom stereocenters. The Balaban J connectivity index is 1.53. The molecule has 0 bridgehead atoms. The molecule has 1 aliphatic heterocycles. The van der Waals surface area contributed by atoms with Gasteiger partial charge in [0.25, 0.3) is 0 Å². The Morgan fingerprint density at radius 2 is 1.96 bits per heavy atom. The van der Waals surface area contributed by atoms with Gasteiger partial charge in [0.2, 0.25) is 5.91 Å². The molecule has 0 aromatic heterocycles. The van der Waals surface area contributed by atoms with E-state index in [1.807, 2.05) is 18.7 Å². The van der Waals surface area contributed by atoms with Crippen LogP contribution < -0.4 is 10.6 Å². The number of aliphatic imine (C=N–C) groups is 1. The van der Waals surface area contributed by atoms with Gasteiger partial charge in [0.1, 0.15) is 11.6 Å². The fourth-order valence-corrected chi connectivity index (χ4v) is 3.52. The summed E-state index contributed by atoms with van der Waals surface area (Å²) in [5, 5.41) is 6.56. The van der Waals surface area contributed by atoms with E-state index in [-0.39, 0.29) is 35.4 Å². The molecule has 3 rings (SSSR count). The number of nitrogens with zero attached hydrogens (tertiary/aromatic N) is 2. The lowest BCUT2D eigenvalue weighted by atomic mass is 10.1. The molecule has 1 saturated heterocycles. The molecule has 26 heavy (non-hydrogen) atoms. The van der Waals surface area contributed by atoms with Gasteiger partial charge in [0, 0.05) is 49.6 Å². The van der Waals surface area contributed by atoms with Crippen LogP contribution in [0.1, 0.15) is 38.2 Å². The Hall–Kier alpha value is -2.18. The molecule has 1 aliphatic carbocycles. The summed E-state index contributed by atoms with van der Waals surface area (Å²) in [5.41, 5.74) is 0.148. The van der Waals surface area contributed by atoms with Crippen molar-refractivity contribution in [2.75, 3.05) is 20.1 Å². The van der Waals surface area contributed by atoms with Gasteiger partial charge in [-0.1, -0.05) is 19.9 Å². The quantitative estimate of drug-likeness (QED) is 0.636. The Morgan fingerprint density at radius 3 is 2.58 bits per heavy atom. The monoisotopic (exact) mass is 364 g/mol. The zero-order chi connectivity index (χ0) is 18.8. The summed E-state index contributed by atoms with van der Waals surface area (Å²) in [5.74, 6) is -0.416. The van der Waals surface area contributed by atoms with Crippen molar-refractivity contribution in [2.45, 2.75) is 44.7 Å². The molecule has 1 amide bonds. The number of halogens is 2. The first-order valence-electron chi connectivity index (χ1n) is 9.13. The average molecular weight is 364 g/mol. The van der Waals surface area contributed by atoms with Gasteiger partial charge in [0.05, 0.1) is 0 Å². The summed E-state index contributed by atoms with van der Waals surface area (Å²) in [6.45, 7) is 5.18. The fourth-order valence-electron chi connectivity index (χ4n) is 3.52. The summed E-state index contributed by atoms with van der Waals surface area (Å²) in [6.07, 6.45) is 1.52. The summed E-state index contributed by atoms with van der Waals surface area (Å²) >= 11 is 0. The normalized spacial score (nSPS) is 25.5. The lowest BCUT2D eigenvalue weighted by Gasteiger charge is -2.20. The number of amides is 1. The van der Waals surface area contributed by atoms with Crippen molar-refractivity contribution in [3.8, 4) is 0 Å². The van der Waals surface area contributed by atoms with Crippen molar-refractivity contribution < 1.29 is 13.6 Å². The first kappa shape index (κ1) is 18.6.